The summed E-state index contributed by atoms with van der Waals surface area (Å²) in [6.45, 7) is 7.56. The second-order valence-corrected chi connectivity index (χ2v) is 9.15. The molecule has 1 aromatic carbocycles. The minimum atomic E-state index is -0.0266. The molecule has 1 aromatic rings. The van der Waals surface area contributed by atoms with Crippen molar-refractivity contribution in [1.82, 2.24) is 10.2 Å². The molecule has 2 aliphatic rings. The Morgan fingerprint density at radius 1 is 1.23 bits per heavy atom. The molecule has 142 valence electrons. The van der Waals surface area contributed by atoms with E-state index in [4.69, 9.17) is 0 Å². The highest BCUT2D eigenvalue weighted by molar-refractivity contribution is 5.98. The van der Waals surface area contributed by atoms with Gasteiger partial charge in [-0.3, -0.25) is 4.79 Å². The normalized spacial score (nSPS) is 21.5. The van der Waals surface area contributed by atoms with Crippen molar-refractivity contribution in [3.63, 3.8) is 0 Å². The van der Waals surface area contributed by atoms with E-state index in [-0.39, 0.29) is 11.5 Å². The van der Waals surface area contributed by atoms with Gasteiger partial charge in [0.15, 0.2) is 5.78 Å². The van der Waals surface area contributed by atoms with Crippen LogP contribution in [0.1, 0.15) is 68.2 Å². The number of rotatable bonds is 4. The summed E-state index contributed by atoms with van der Waals surface area (Å²) in [5, 5.41) is 3.65. The lowest BCUT2D eigenvalue weighted by Gasteiger charge is -2.36. The number of nitrogens with zero attached hydrogens (tertiary/aromatic N) is 1. The van der Waals surface area contributed by atoms with Crippen LogP contribution in [0.5, 0.6) is 0 Å². The first kappa shape index (κ1) is 19.2. The Hall–Kier alpha value is -1.61. The van der Waals surface area contributed by atoms with E-state index in [1.807, 2.05) is 6.08 Å². The minimum Gasteiger partial charge on any atom is -0.379 e. The van der Waals surface area contributed by atoms with Crippen LogP contribution in [0.3, 0.4) is 0 Å². The van der Waals surface area contributed by atoms with E-state index in [1.54, 1.807) is 0 Å². The van der Waals surface area contributed by atoms with Crippen molar-refractivity contribution in [3.8, 4) is 0 Å². The van der Waals surface area contributed by atoms with Crippen LogP contribution in [0, 0.1) is 12.8 Å². The van der Waals surface area contributed by atoms with Gasteiger partial charge in [-0.2, -0.15) is 0 Å². The highest BCUT2D eigenvalue weighted by Crippen LogP contribution is 2.33. The zero-order chi connectivity index (χ0) is 18.9. The van der Waals surface area contributed by atoms with E-state index in [2.05, 4.69) is 57.2 Å². The molecule has 1 N–H and O–H groups in total. The van der Waals surface area contributed by atoms with E-state index in [0.29, 0.717) is 5.78 Å². The maximum Gasteiger partial charge on any atom is 0.160 e. The second kappa shape index (κ2) is 7.56. The van der Waals surface area contributed by atoms with Gasteiger partial charge in [0.2, 0.25) is 0 Å². The number of fused-ring (bicyclic) bond motifs is 1. The van der Waals surface area contributed by atoms with Crippen molar-refractivity contribution >= 4 is 11.5 Å². The molecule has 3 rings (SSSR count). The molecule has 1 aliphatic heterocycles. The van der Waals surface area contributed by atoms with E-state index >= 15 is 0 Å². The van der Waals surface area contributed by atoms with Crippen LogP contribution in [-0.2, 0) is 17.8 Å². The molecule has 1 heterocycles. The highest BCUT2D eigenvalue weighted by atomic mass is 16.1. The first-order valence-electron chi connectivity index (χ1n) is 10.1. The summed E-state index contributed by atoms with van der Waals surface area (Å²) in [6.07, 6.45) is 8.67. The average Bonchev–Trinajstić information content (AvgIpc) is 2.55. The number of hydrogen-bond acceptors (Lipinski definition) is 3. The summed E-state index contributed by atoms with van der Waals surface area (Å²) in [5.41, 5.74) is 6.25. The van der Waals surface area contributed by atoms with Gasteiger partial charge in [-0.1, -0.05) is 25.3 Å². The van der Waals surface area contributed by atoms with Gasteiger partial charge in [0, 0.05) is 35.3 Å². The molecular weight excluding hydrogens is 320 g/mol. The molecule has 1 fully saturated rings. The number of nitrogens with one attached hydrogen (secondary N) is 1. The van der Waals surface area contributed by atoms with Gasteiger partial charge < -0.3 is 10.2 Å². The molecule has 0 atom stereocenters. The summed E-state index contributed by atoms with van der Waals surface area (Å²) in [7, 11) is 4.20. The largest absolute Gasteiger partial charge is 0.379 e. The number of allylic oxidation sites excluding steroid dienone is 1. The van der Waals surface area contributed by atoms with Gasteiger partial charge in [0.25, 0.3) is 0 Å². The summed E-state index contributed by atoms with van der Waals surface area (Å²) in [4.78, 5) is 15.1. The first-order chi connectivity index (χ1) is 12.2. The molecule has 3 nitrogen and oxygen atoms in total. The van der Waals surface area contributed by atoms with Crippen molar-refractivity contribution in [3.05, 3.63) is 40.5 Å². The topological polar surface area (TPSA) is 32.3 Å². The zero-order valence-corrected chi connectivity index (χ0v) is 17.1. The standard InChI is InChI=1S/C23H34N2O/c1-16-11-18-14-23(2,3)24-21(20(18)12-19(16)15-25(4)5)13-22(26)17-9-7-6-8-10-17/h11-13,17,24H,6-10,14-15H2,1-5H3/b21-13-. The van der Waals surface area contributed by atoms with Gasteiger partial charge in [-0.05, 0) is 76.9 Å². The molecule has 1 aliphatic carbocycles. The van der Waals surface area contributed by atoms with E-state index in [0.717, 1.165) is 31.5 Å². The summed E-state index contributed by atoms with van der Waals surface area (Å²) in [5.74, 6) is 0.531. The van der Waals surface area contributed by atoms with Gasteiger partial charge >= 0.3 is 0 Å². The predicted octanol–water partition coefficient (Wildman–Crippen LogP) is 4.47. The first-order valence-corrected chi connectivity index (χ1v) is 10.1. The smallest absolute Gasteiger partial charge is 0.160 e. The Balaban J connectivity index is 1.98. The van der Waals surface area contributed by atoms with Crippen molar-refractivity contribution in [2.45, 2.75) is 71.4 Å². The Bertz CT molecular complexity index is 709. The number of hydrogen-bond donors (Lipinski definition) is 1. The summed E-state index contributed by atoms with van der Waals surface area (Å²) < 4.78 is 0. The monoisotopic (exact) mass is 354 g/mol. The average molecular weight is 355 g/mol. The fourth-order valence-corrected chi connectivity index (χ4v) is 4.43. The Kier molecular flexibility index (Phi) is 5.57. The van der Waals surface area contributed by atoms with Crippen molar-refractivity contribution < 1.29 is 4.79 Å². The quantitative estimate of drug-likeness (QED) is 0.810. The number of carbonyl (C=O) groups excluding carboxylic acids is 1. The van der Waals surface area contributed by atoms with Gasteiger partial charge in [0.1, 0.15) is 0 Å². The van der Waals surface area contributed by atoms with Gasteiger partial charge in [0.05, 0.1) is 0 Å². The van der Waals surface area contributed by atoms with E-state index in [9.17, 15) is 4.79 Å². The summed E-state index contributed by atoms with van der Waals surface area (Å²) in [6, 6.07) is 4.63. The molecule has 26 heavy (non-hydrogen) atoms. The SMILES string of the molecule is Cc1cc2c(cc1CN(C)C)/C(=C/C(=O)C1CCCCC1)NC(C)(C)C2. The number of carbonyl (C=O) groups is 1. The minimum absolute atomic E-state index is 0.0266. The molecule has 0 saturated heterocycles. The molecule has 0 unspecified atom stereocenters. The molecule has 0 amide bonds. The zero-order valence-electron chi connectivity index (χ0n) is 17.1. The maximum atomic E-state index is 12.9. The molecule has 0 radical (unpaired) electrons. The molecule has 0 bridgehead atoms. The summed E-state index contributed by atoms with van der Waals surface area (Å²) >= 11 is 0. The van der Waals surface area contributed by atoms with Crippen molar-refractivity contribution in [2.75, 3.05) is 14.1 Å². The molecule has 0 spiro atoms. The van der Waals surface area contributed by atoms with Crippen molar-refractivity contribution in [1.29, 1.82) is 0 Å². The molecular formula is C23H34N2O. The number of aryl methyl sites for hydroxylation is 1. The Labute approximate surface area is 158 Å². The molecule has 1 saturated carbocycles. The Morgan fingerprint density at radius 3 is 2.58 bits per heavy atom. The number of ketones is 1. The van der Waals surface area contributed by atoms with E-state index in [1.165, 1.54) is 41.5 Å². The highest BCUT2D eigenvalue weighted by Gasteiger charge is 2.29. The fraction of sp³-hybridized carbons (Fsp3) is 0.609. The lowest BCUT2D eigenvalue weighted by molar-refractivity contribution is -0.119. The van der Waals surface area contributed by atoms with Crippen molar-refractivity contribution in [2.24, 2.45) is 5.92 Å². The second-order valence-electron chi connectivity index (χ2n) is 9.15. The predicted molar refractivity (Wildman–Crippen MR) is 109 cm³/mol. The van der Waals surface area contributed by atoms with Crippen LogP contribution < -0.4 is 5.32 Å². The Morgan fingerprint density at radius 2 is 1.92 bits per heavy atom. The molecule has 3 heteroatoms. The molecule has 0 aromatic heterocycles. The fourth-order valence-electron chi connectivity index (χ4n) is 4.43. The van der Waals surface area contributed by atoms with Crippen LogP contribution in [0.15, 0.2) is 18.2 Å². The van der Waals surface area contributed by atoms with Crippen LogP contribution >= 0.6 is 0 Å². The van der Waals surface area contributed by atoms with Crippen LogP contribution in [0.4, 0.5) is 0 Å². The van der Waals surface area contributed by atoms with Gasteiger partial charge in [-0.15, -0.1) is 0 Å². The lowest BCUT2D eigenvalue weighted by Crippen LogP contribution is -2.44. The van der Waals surface area contributed by atoms with Crippen LogP contribution in [-0.4, -0.2) is 30.3 Å². The third-order valence-corrected chi connectivity index (χ3v) is 5.74. The third-order valence-electron chi connectivity index (χ3n) is 5.74. The van der Waals surface area contributed by atoms with E-state index < -0.39 is 0 Å². The lowest BCUT2D eigenvalue weighted by atomic mass is 9.82. The van der Waals surface area contributed by atoms with Gasteiger partial charge in [-0.25, -0.2) is 0 Å². The van der Waals surface area contributed by atoms with Crippen LogP contribution in [0.25, 0.3) is 5.70 Å². The maximum absolute atomic E-state index is 12.9. The third kappa shape index (κ3) is 4.37. The number of benzene rings is 1. The van der Waals surface area contributed by atoms with Crippen LogP contribution in [0.2, 0.25) is 0 Å².